The SMILES string of the molecule is Cc1cc(C)c(NS(=O)(=O)c2ccc(O[C@H](C)C(=O)NC(C)C)cc2)c(C)c1. The molecule has 6 nitrogen and oxygen atoms in total. The predicted molar refractivity (Wildman–Crippen MR) is 111 cm³/mol. The first-order chi connectivity index (χ1) is 13.0. The van der Waals surface area contributed by atoms with Gasteiger partial charge in [0.1, 0.15) is 5.75 Å². The summed E-state index contributed by atoms with van der Waals surface area (Å²) in [7, 11) is -3.73. The molecule has 0 unspecified atom stereocenters. The molecular formula is C21H28N2O4S. The van der Waals surface area contributed by atoms with E-state index in [1.54, 1.807) is 19.1 Å². The summed E-state index contributed by atoms with van der Waals surface area (Å²) in [5, 5.41) is 2.77. The van der Waals surface area contributed by atoms with Crippen LogP contribution in [0.25, 0.3) is 0 Å². The van der Waals surface area contributed by atoms with Gasteiger partial charge in [0.25, 0.3) is 15.9 Å². The molecule has 0 aliphatic carbocycles. The third-order valence-corrected chi connectivity index (χ3v) is 5.53. The Morgan fingerprint density at radius 1 is 0.964 bits per heavy atom. The molecule has 1 atom stereocenters. The van der Waals surface area contributed by atoms with Crippen LogP contribution in [0, 0.1) is 20.8 Å². The molecule has 2 aromatic rings. The van der Waals surface area contributed by atoms with Gasteiger partial charge in [0, 0.05) is 6.04 Å². The quantitative estimate of drug-likeness (QED) is 0.737. The van der Waals surface area contributed by atoms with E-state index in [4.69, 9.17) is 4.74 Å². The molecule has 0 bridgehead atoms. The van der Waals surface area contributed by atoms with Gasteiger partial charge in [0.05, 0.1) is 10.6 Å². The molecule has 2 aromatic carbocycles. The molecule has 0 spiro atoms. The summed E-state index contributed by atoms with van der Waals surface area (Å²) in [5.74, 6) is 0.201. The highest BCUT2D eigenvalue weighted by Crippen LogP contribution is 2.26. The summed E-state index contributed by atoms with van der Waals surface area (Å²) in [6, 6.07) is 9.90. The normalized spacial score (nSPS) is 12.5. The number of rotatable bonds is 7. The Hall–Kier alpha value is -2.54. The van der Waals surface area contributed by atoms with E-state index in [-0.39, 0.29) is 16.8 Å². The number of carbonyl (C=O) groups excluding carboxylic acids is 1. The van der Waals surface area contributed by atoms with Crippen LogP contribution in [0.15, 0.2) is 41.3 Å². The third-order valence-electron chi connectivity index (χ3n) is 4.16. The lowest BCUT2D eigenvalue weighted by Crippen LogP contribution is -2.40. The van der Waals surface area contributed by atoms with Crippen LogP contribution in [0.2, 0.25) is 0 Å². The van der Waals surface area contributed by atoms with Gasteiger partial charge in [0.2, 0.25) is 0 Å². The Morgan fingerprint density at radius 3 is 2.00 bits per heavy atom. The predicted octanol–water partition coefficient (Wildman–Crippen LogP) is 3.70. The highest BCUT2D eigenvalue weighted by atomic mass is 32.2. The highest BCUT2D eigenvalue weighted by Gasteiger charge is 2.19. The first-order valence-corrected chi connectivity index (χ1v) is 10.7. The largest absolute Gasteiger partial charge is 0.481 e. The molecule has 2 N–H and O–H groups in total. The molecule has 2 rings (SSSR count). The van der Waals surface area contributed by atoms with E-state index in [2.05, 4.69) is 10.0 Å². The zero-order chi connectivity index (χ0) is 21.1. The fourth-order valence-corrected chi connectivity index (χ4v) is 4.09. The smallest absolute Gasteiger partial charge is 0.261 e. The van der Waals surface area contributed by atoms with Crippen LogP contribution in [0.3, 0.4) is 0 Å². The van der Waals surface area contributed by atoms with E-state index in [0.717, 1.165) is 16.7 Å². The first kappa shape index (κ1) is 21.8. The topological polar surface area (TPSA) is 84.5 Å². The van der Waals surface area contributed by atoms with Crippen molar-refractivity contribution in [3.05, 3.63) is 53.1 Å². The van der Waals surface area contributed by atoms with Gasteiger partial charge in [-0.05, 0) is 76.9 Å². The van der Waals surface area contributed by atoms with Crippen molar-refractivity contribution in [2.24, 2.45) is 0 Å². The summed E-state index contributed by atoms with van der Waals surface area (Å²) in [6.07, 6.45) is -0.680. The summed E-state index contributed by atoms with van der Waals surface area (Å²) in [6.45, 7) is 11.1. The third kappa shape index (κ3) is 5.48. The van der Waals surface area contributed by atoms with Crippen LogP contribution < -0.4 is 14.8 Å². The fraction of sp³-hybridized carbons (Fsp3) is 0.381. The first-order valence-electron chi connectivity index (χ1n) is 9.17. The Bertz CT molecular complexity index is 928. The minimum Gasteiger partial charge on any atom is -0.481 e. The number of hydrogen-bond acceptors (Lipinski definition) is 4. The van der Waals surface area contributed by atoms with Gasteiger partial charge in [-0.2, -0.15) is 0 Å². The molecule has 0 heterocycles. The maximum Gasteiger partial charge on any atom is 0.261 e. The molecule has 152 valence electrons. The van der Waals surface area contributed by atoms with E-state index in [1.165, 1.54) is 12.1 Å². The Kier molecular flexibility index (Phi) is 6.72. The molecule has 0 saturated carbocycles. The maximum absolute atomic E-state index is 12.7. The Balaban J connectivity index is 2.15. The molecule has 0 radical (unpaired) electrons. The van der Waals surface area contributed by atoms with Crippen molar-refractivity contribution in [2.45, 2.75) is 58.6 Å². The number of benzene rings is 2. The summed E-state index contributed by atoms with van der Waals surface area (Å²) >= 11 is 0. The van der Waals surface area contributed by atoms with Crippen LogP contribution in [0.4, 0.5) is 5.69 Å². The number of anilines is 1. The van der Waals surface area contributed by atoms with Crippen molar-refractivity contribution >= 4 is 21.6 Å². The molecular weight excluding hydrogens is 376 g/mol. The number of carbonyl (C=O) groups is 1. The van der Waals surface area contributed by atoms with Gasteiger partial charge >= 0.3 is 0 Å². The molecule has 7 heteroatoms. The average Bonchev–Trinajstić information content (AvgIpc) is 2.58. The van der Waals surface area contributed by atoms with Crippen LogP contribution in [0.1, 0.15) is 37.5 Å². The van der Waals surface area contributed by atoms with E-state index in [1.807, 2.05) is 46.8 Å². The van der Waals surface area contributed by atoms with Crippen molar-refractivity contribution < 1.29 is 17.9 Å². The van der Waals surface area contributed by atoms with Gasteiger partial charge in [-0.3, -0.25) is 9.52 Å². The van der Waals surface area contributed by atoms with Crippen molar-refractivity contribution in [2.75, 3.05) is 4.72 Å². The second kappa shape index (κ2) is 8.65. The lowest BCUT2D eigenvalue weighted by Gasteiger charge is -2.17. The minimum atomic E-state index is -3.73. The fourth-order valence-electron chi connectivity index (χ4n) is 2.89. The molecule has 0 aromatic heterocycles. The Labute approximate surface area is 167 Å². The standard InChI is InChI=1S/C21H28N2O4S/c1-13(2)22-21(24)17(6)27-18-7-9-19(10-8-18)28(25,26)23-20-15(4)11-14(3)12-16(20)5/h7-13,17,23H,1-6H3,(H,22,24)/t17-/m1/s1. The van der Waals surface area contributed by atoms with Gasteiger partial charge in [0.15, 0.2) is 6.10 Å². The average molecular weight is 405 g/mol. The monoisotopic (exact) mass is 404 g/mol. The van der Waals surface area contributed by atoms with Crippen molar-refractivity contribution in [3.63, 3.8) is 0 Å². The molecule has 0 saturated heterocycles. The number of ether oxygens (including phenoxy) is 1. The number of nitrogens with one attached hydrogen (secondary N) is 2. The second-order valence-corrected chi connectivity index (χ2v) is 8.96. The van der Waals surface area contributed by atoms with E-state index in [9.17, 15) is 13.2 Å². The van der Waals surface area contributed by atoms with Gasteiger partial charge in [-0.15, -0.1) is 0 Å². The molecule has 1 amide bonds. The number of amides is 1. The van der Waals surface area contributed by atoms with Crippen LogP contribution in [0.5, 0.6) is 5.75 Å². The number of hydrogen-bond donors (Lipinski definition) is 2. The second-order valence-electron chi connectivity index (χ2n) is 7.27. The van der Waals surface area contributed by atoms with Crippen LogP contribution >= 0.6 is 0 Å². The summed E-state index contributed by atoms with van der Waals surface area (Å²) in [5.41, 5.74) is 3.40. The van der Waals surface area contributed by atoms with E-state index in [0.29, 0.717) is 11.4 Å². The van der Waals surface area contributed by atoms with E-state index < -0.39 is 16.1 Å². The highest BCUT2D eigenvalue weighted by molar-refractivity contribution is 7.92. The van der Waals surface area contributed by atoms with Crippen LogP contribution in [-0.4, -0.2) is 26.5 Å². The lowest BCUT2D eigenvalue weighted by molar-refractivity contribution is -0.127. The minimum absolute atomic E-state index is 0.0193. The molecule has 28 heavy (non-hydrogen) atoms. The van der Waals surface area contributed by atoms with Gasteiger partial charge in [-0.1, -0.05) is 17.7 Å². The van der Waals surface area contributed by atoms with Gasteiger partial charge in [-0.25, -0.2) is 8.42 Å². The molecule has 0 aliphatic heterocycles. The van der Waals surface area contributed by atoms with Crippen LogP contribution in [-0.2, 0) is 14.8 Å². The van der Waals surface area contributed by atoms with Crippen molar-refractivity contribution in [1.82, 2.24) is 5.32 Å². The zero-order valence-electron chi connectivity index (χ0n) is 17.2. The molecule has 0 fully saturated rings. The van der Waals surface area contributed by atoms with Gasteiger partial charge < -0.3 is 10.1 Å². The maximum atomic E-state index is 12.7. The Morgan fingerprint density at radius 2 is 1.50 bits per heavy atom. The number of aryl methyl sites for hydroxylation is 3. The van der Waals surface area contributed by atoms with E-state index >= 15 is 0 Å². The lowest BCUT2D eigenvalue weighted by atomic mass is 10.1. The zero-order valence-corrected chi connectivity index (χ0v) is 18.0. The number of sulfonamides is 1. The van der Waals surface area contributed by atoms with Crippen molar-refractivity contribution in [3.8, 4) is 5.75 Å². The summed E-state index contributed by atoms with van der Waals surface area (Å²) < 4.78 is 33.7. The molecule has 0 aliphatic rings. The summed E-state index contributed by atoms with van der Waals surface area (Å²) in [4.78, 5) is 12.1. The van der Waals surface area contributed by atoms with Crippen molar-refractivity contribution in [1.29, 1.82) is 0 Å².